The summed E-state index contributed by atoms with van der Waals surface area (Å²) in [5, 5.41) is 22.4. The van der Waals surface area contributed by atoms with Gasteiger partial charge in [-0.3, -0.25) is 0 Å². The molecule has 1 saturated heterocycles. The van der Waals surface area contributed by atoms with E-state index in [4.69, 9.17) is 0 Å². The van der Waals surface area contributed by atoms with Crippen molar-refractivity contribution in [3.8, 4) is 0 Å². The van der Waals surface area contributed by atoms with Gasteiger partial charge in [0.25, 0.3) is 0 Å². The largest absolute Gasteiger partial charge is 0.393 e. The van der Waals surface area contributed by atoms with Crippen LogP contribution in [0.2, 0.25) is 0 Å². The molecule has 0 aliphatic carbocycles. The van der Waals surface area contributed by atoms with Gasteiger partial charge in [0.15, 0.2) is 0 Å². The van der Waals surface area contributed by atoms with Crippen LogP contribution in [0.1, 0.15) is 90.9 Å². The Labute approximate surface area is 131 Å². The second-order valence-electron chi connectivity index (χ2n) is 7.05. The lowest BCUT2D eigenvalue weighted by molar-refractivity contribution is 0.0849. The zero-order valence-electron chi connectivity index (χ0n) is 14.2. The van der Waals surface area contributed by atoms with Crippen molar-refractivity contribution in [1.82, 2.24) is 5.32 Å². The zero-order chi connectivity index (χ0) is 15.5. The molecule has 3 heteroatoms. The van der Waals surface area contributed by atoms with Crippen molar-refractivity contribution in [2.75, 3.05) is 0 Å². The number of piperidine rings is 1. The summed E-state index contributed by atoms with van der Waals surface area (Å²) in [7, 11) is 0. The number of hydrogen-bond donors (Lipinski definition) is 3. The first kappa shape index (κ1) is 18.9. The molecule has 4 atom stereocenters. The van der Waals surface area contributed by atoms with Crippen LogP contribution in [0, 0.1) is 0 Å². The van der Waals surface area contributed by atoms with Gasteiger partial charge in [0.1, 0.15) is 0 Å². The fraction of sp³-hybridized carbons (Fsp3) is 1.00. The standard InChI is InChI=1S/C18H37NO2/c1-15(20)11-9-7-5-3-4-6-8-10-12-17-13-14-18(21)16(2)19-17/h15-21H,3-14H2,1-2H3/t15-,16+,17-,18-/m0/s1. The molecule has 0 saturated carbocycles. The topological polar surface area (TPSA) is 52.5 Å². The SMILES string of the molecule is C[C@H](O)CCCCCCCCCC[C@H]1CC[C@H](O)[C@@H](C)N1. The molecule has 0 bridgehead atoms. The van der Waals surface area contributed by atoms with Gasteiger partial charge in [0, 0.05) is 12.1 Å². The number of rotatable bonds is 11. The van der Waals surface area contributed by atoms with Gasteiger partial charge in [-0.15, -0.1) is 0 Å². The molecule has 21 heavy (non-hydrogen) atoms. The molecule has 1 aliphatic rings. The Morgan fingerprint density at radius 2 is 1.52 bits per heavy atom. The molecule has 1 heterocycles. The van der Waals surface area contributed by atoms with E-state index in [0.29, 0.717) is 6.04 Å². The van der Waals surface area contributed by atoms with Crippen molar-refractivity contribution in [2.45, 2.75) is 115 Å². The van der Waals surface area contributed by atoms with Gasteiger partial charge >= 0.3 is 0 Å². The normalized spacial score (nSPS) is 27.7. The van der Waals surface area contributed by atoms with Crippen LogP contribution in [-0.4, -0.2) is 34.5 Å². The molecule has 126 valence electrons. The monoisotopic (exact) mass is 299 g/mol. The lowest BCUT2D eigenvalue weighted by atomic mass is 9.93. The molecule has 0 spiro atoms. The van der Waals surface area contributed by atoms with Crippen LogP contribution in [0.3, 0.4) is 0 Å². The van der Waals surface area contributed by atoms with Gasteiger partial charge in [-0.05, 0) is 39.5 Å². The first-order chi connectivity index (χ1) is 10.1. The van der Waals surface area contributed by atoms with Crippen LogP contribution in [0.5, 0.6) is 0 Å². The third-order valence-electron chi connectivity index (χ3n) is 4.81. The van der Waals surface area contributed by atoms with E-state index in [-0.39, 0.29) is 18.2 Å². The first-order valence-electron chi connectivity index (χ1n) is 9.21. The van der Waals surface area contributed by atoms with Crippen LogP contribution in [0.15, 0.2) is 0 Å². The van der Waals surface area contributed by atoms with E-state index in [2.05, 4.69) is 12.2 Å². The smallest absolute Gasteiger partial charge is 0.0691 e. The zero-order valence-corrected chi connectivity index (χ0v) is 14.2. The van der Waals surface area contributed by atoms with E-state index < -0.39 is 0 Å². The molecule has 0 unspecified atom stereocenters. The molecule has 3 nitrogen and oxygen atoms in total. The van der Waals surface area contributed by atoms with Gasteiger partial charge in [-0.25, -0.2) is 0 Å². The van der Waals surface area contributed by atoms with Gasteiger partial charge in [-0.1, -0.05) is 51.4 Å². The second kappa shape index (κ2) is 11.4. The predicted molar refractivity (Wildman–Crippen MR) is 89.5 cm³/mol. The van der Waals surface area contributed by atoms with E-state index in [1.807, 2.05) is 6.92 Å². The highest BCUT2D eigenvalue weighted by Gasteiger charge is 2.24. The number of hydrogen-bond acceptors (Lipinski definition) is 3. The maximum Gasteiger partial charge on any atom is 0.0691 e. The quantitative estimate of drug-likeness (QED) is 0.509. The van der Waals surface area contributed by atoms with Crippen molar-refractivity contribution in [3.05, 3.63) is 0 Å². The number of aliphatic hydroxyl groups excluding tert-OH is 2. The highest BCUT2D eigenvalue weighted by atomic mass is 16.3. The van der Waals surface area contributed by atoms with E-state index in [9.17, 15) is 10.2 Å². The highest BCUT2D eigenvalue weighted by Crippen LogP contribution is 2.18. The molecule has 0 radical (unpaired) electrons. The van der Waals surface area contributed by atoms with Crippen LogP contribution in [0.4, 0.5) is 0 Å². The van der Waals surface area contributed by atoms with Gasteiger partial charge < -0.3 is 15.5 Å². The maximum absolute atomic E-state index is 9.68. The summed E-state index contributed by atoms with van der Waals surface area (Å²) in [5.74, 6) is 0. The summed E-state index contributed by atoms with van der Waals surface area (Å²) in [6.45, 7) is 3.97. The van der Waals surface area contributed by atoms with E-state index in [1.165, 1.54) is 57.8 Å². The van der Waals surface area contributed by atoms with Crippen LogP contribution >= 0.6 is 0 Å². The number of aliphatic hydroxyl groups is 2. The molecule has 0 aromatic carbocycles. The molecule has 3 N–H and O–H groups in total. The summed E-state index contributed by atoms with van der Waals surface area (Å²) in [6.07, 6.45) is 14.6. The van der Waals surface area contributed by atoms with Crippen LogP contribution in [0.25, 0.3) is 0 Å². The summed E-state index contributed by atoms with van der Waals surface area (Å²) in [6, 6.07) is 0.897. The summed E-state index contributed by atoms with van der Waals surface area (Å²) >= 11 is 0. The fourth-order valence-electron chi connectivity index (χ4n) is 3.31. The Bertz CT molecular complexity index is 245. The van der Waals surface area contributed by atoms with Crippen LogP contribution < -0.4 is 5.32 Å². The van der Waals surface area contributed by atoms with Crippen LogP contribution in [-0.2, 0) is 0 Å². The van der Waals surface area contributed by atoms with E-state index in [0.717, 1.165) is 19.3 Å². The predicted octanol–water partition coefficient (Wildman–Crippen LogP) is 3.77. The summed E-state index contributed by atoms with van der Waals surface area (Å²) < 4.78 is 0. The van der Waals surface area contributed by atoms with Crippen molar-refractivity contribution < 1.29 is 10.2 Å². The minimum atomic E-state index is -0.143. The van der Waals surface area contributed by atoms with Gasteiger partial charge in [-0.2, -0.15) is 0 Å². The third kappa shape index (κ3) is 9.49. The number of unbranched alkanes of at least 4 members (excludes halogenated alkanes) is 7. The van der Waals surface area contributed by atoms with E-state index in [1.54, 1.807) is 0 Å². The van der Waals surface area contributed by atoms with Crippen molar-refractivity contribution in [2.24, 2.45) is 0 Å². The molecule has 1 rings (SSSR count). The highest BCUT2D eigenvalue weighted by molar-refractivity contribution is 4.83. The minimum absolute atomic E-state index is 0.123. The lowest BCUT2D eigenvalue weighted by Crippen LogP contribution is -2.48. The Kier molecular flexibility index (Phi) is 10.3. The molecule has 0 amide bonds. The van der Waals surface area contributed by atoms with Crippen molar-refractivity contribution in [1.29, 1.82) is 0 Å². The molecule has 1 aliphatic heterocycles. The maximum atomic E-state index is 9.68. The third-order valence-corrected chi connectivity index (χ3v) is 4.81. The van der Waals surface area contributed by atoms with Gasteiger partial charge in [0.05, 0.1) is 12.2 Å². The molecule has 0 aromatic heterocycles. The Balaban J connectivity index is 1.82. The molecular weight excluding hydrogens is 262 g/mol. The molecule has 1 fully saturated rings. The summed E-state index contributed by atoms with van der Waals surface area (Å²) in [5.41, 5.74) is 0. The minimum Gasteiger partial charge on any atom is -0.393 e. The fourth-order valence-corrected chi connectivity index (χ4v) is 3.31. The van der Waals surface area contributed by atoms with Gasteiger partial charge in [0.2, 0.25) is 0 Å². The number of nitrogens with one attached hydrogen (secondary N) is 1. The Morgan fingerprint density at radius 3 is 2.10 bits per heavy atom. The average molecular weight is 299 g/mol. The Hall–Kier alpha value is -0.120. The average Bonchev–Trinajstić information content (AvgIpc) is 2.44. The Morgan fingerprint density at radius 1 is 0.952 bits per heavy atom. The van der Waals surface area contributed by atoms with Crippen molar-refractivity contribution in [3.63, 3.8) is 0 Å². The second-order valence-corrected chi connectivity index (χ2v) is 7.05. The molecular formula is C18H37NO2. The molecule has 0 aromatic rings. The van der Waals surface area contributed by atoms with Crippen molar-refractivity contribution >= 4 is 0 Å². The summed E-state index contributed by atoms with van der Waals surface area (Å²) in [4.78, 5) is 0. The first-order valence-corrected chi connectivity index (χ1v) is 9.21. The lowest BCUT2D eigenvalue weighted by Gasteiger charge is -2.32. The van der Waals surface area contributed by atoms with E-state index >= 15 is 0 Å².